The van der Waals surface area contributed by atoms with E-state index in [9.17, 15) is 14.6 Å². The highest BCUT2D eigenvalue weighted by molar-refractivity contribution is 5.96. The van der Waals surface area contributed by atoms with Gasteiger partial charge in [-0.25, -0.2) is 0 Å². The Morgan fingerprint density at radius 2 is 1.60 bits per heavy atom. The molecule has 2 N–H and O–H groups in total. The molecular weight excluding hydrogens is 445 g/mol. The lowest BCUT2D eigenvalue weighted by Crippen LogP contribution is -2.26. The van der Waals surface area contributed by atoms with Crippen LogP contribution in [0.4, 0.5) is 4.39 Å². The molecule has 1 aliphatic heterocycles. The molecule has 0 saturated carbocycles. The smallest absolute Gasteiger partial charge is 0.143 e. The van der Waals surface area contributed by atoms with Gasteiger partial charge in [-0.2, -0.15) is 0 Å². The van der Waals surface area contributed by atoms with Gasteiger partial charge in [0, 0.05) is 30.0 Å². The van der Waals surface area contributed by atoms with Crippen LogP contribution in [0, 0.1) is 5.92 Å². The summed E-state index contributed by atoms with van der Waals surface area (Å²) < 4.78 is 25.1. The Kier molecular flexibility index (Phi) is 6.73. The van der Waals surface area contributed by atoms with Crippen LogP contribution in [0.25, 0.3) is 21.9 Å². The average molecular weight is 474 g/mol. The molecule has 4 aromatic carbocycles. The normalized spacial score (nSPS) is 16.0. The van der Waals surface area contributed by atoms with E-state index >= 15 is 0 Å². The lowest BCUT2D eigenvalue weighted by Gasteiger charge is -2.17. The summed E-state index contributed by atoms with van der Waals surface area (Å²) in [5.74, 6) is 2.62. The first-order valence-corrected chi connectivity index (χ1v) is 11.8. The highest BCUT2D eigenvalue weighted by atomic mass is 19.1. The summed E-state index contributed by atoms with van der Waals surface area (Å²) in [5, 5.41) is 21.3. The van der Waals surface area contributed by atoms with Crippen molar-refractivity contribution in [3.05, 3.63) is 78.9 Å². The van der Waals surface area contributed by atoms with Crippen molar-refractivity contribution in [2.45, 2.75) is 6.42 Å². The minimum Gasteiger partial charge on any atom is -0.508 e. The largest absolute Gasteiger partial charge is 0.508 e. The van der Waals surface area contributed by atoms with Crippen molar-refractivity contribution in [3.63, 3.8) is 0 Å². The number of hydrogen-bond donors (Lipinski definition) is 2. The van der Waals surface area contributed by atoms with Crippen molar-refractivity contribution in [2.75, 3.05) is 32.9 Å². The highest BCUT2D eigenvalue weighted by Crippen LogP contribution is 2.41. The van der Waals surface area contributed by atoms with Crippen LogP contribution >= 0.6 is 0 Å². The third-order valence-electron chi connectivity index (χ3n) is 6.44. The zero-order valence-corrected chi connectivity index (χ0v) is 19.4. The molecule has 1 aliphatic rings. The number of fused-ring (bicyclic) bond motifs is 1. The maximum Gasteiger partial charge on any atom is 0.143 e. The quantitative estimate of drug-likeness (QED) is 0.311. The van der Waals surface area contributed by atoms with E-state index < -0.39 is 0 Å². The number of alkyl halides is 1. The number of benzene rings is 4. The molecule has 0 amide bonds. The third-order valence-corrected chi connectivity index (χ3v) is 6.44. The number of phenols is 2. The summed E-state index contributed by atoms with van der Waals surface area (Å²) in [6.07, 6.45) is 0.919. The molecule has 1 fully saturated rings. The zero-order chi connectivity index (χ0) is 24.2. The average Bonchev–Trinajstić information content (AvgIpc) is 3.34. The van der Waals surface area contributed by atoms with E-state index in [1.807, 2.05) is 54.6 Å². The molecule has 1 unspecified atom stereocenters. The predicted molar refractivity (Wildman–Crippen MR) is 135 cm³/mol. The predicted octanol–water partition coefficient (Wildman–Crippen LogP) is 6.38. The maximum absolute atomic E-state index is 12.8. The van der Waals surface area contributed by atoms with Crippen molar-refractivity contribution in [1.29, 1.82) is 0 Å². The third kappa shape index (κ3) is 5.33. The Balaban J connectivity index is 1.33. The number of halogens is 1. The number of nitrogens with zero attached hydrogens (tertiary/aromatic N) is 1. The molecule has 5 rings (SSSR count). The van der Waals surface area contributed by atoms with Crippen molar-refractivity contribution < 1.29 is 24.1 Å². The lowest BCUT2D eigenvalue weighted by molar-refractivity contribution is 0.228. The second-order valence-electron chi connectivity index (χ2n) is 8.93. The topological polar surface area (TPSA) is 62.2 Å². The SMILES string of the molecule is Oc1ccc(-c2ccc3cc(O)ccc3c2Oc2ccc(OCCN3CCC(CF)C3)cc2)cc1. The van der Waals surface area contributed by atoms with E-state index in [2.05, 4.69) is 4.90 Å². The molecule has 35 heavy (non-hydrogen) atoms. The first-order chi connectivity index (χ1) is 17.1. The number of aromatic hydroxyl groups is 2. The van der Waals surface area contributed by atoms with Gasteiger partial charge in [0.1, 0.15) is 35.4 Å². The maximum atomic E-state index is 12.8. The monoisotopic (exact) mass is 473 g/mol. The van der Waals surface area contributed by atoms with Gasteiger partial charge in [0.25, 0.3) is 0 Å². The first-order valence-electron chi connectivity index (χ1n) is 11.8. The molecule has 5 nitrogen and oxygen atoms in total. The van der Waals surface area contributed by atoms with Crippen LogP contribution in [0.3, 0.4) is 0 Å². The molecular formula is C29H28FNO4. The van der Waals surface area contributed by atoms with E-state index in [4.69, 9.17) is 9.47 Å². The van der Waals surface area contributed by atoms with Crippen LogP contribution in [-0.4, -0.2) is 48.0 Å². The zero-order valence-electron chi connectivity index (χ0n) is 19.4. The molecule has 4 aromatic rings. The van der Waals surface area contributed by atoms with E-state index in [0.717, 1.165) is 53.7 Å². The summed E-state index contributed by atoms with van der Waals surface area (Å²) in [4.78, 5) is 2.24. The summed E-state index contributed by atoms with van der Waals surface area (Å²) in [6, 6.07) is 23.5. The van der Waals surface area contributed by atoms with Crippen LogP contribution < -0.4 is 9.47 Å². The minimum atomic E-state index is -0.245. The molecule has 0 aliphatic carbocycles. The van der Waals surface area contributed by atoms with Crippen LogP contribution in [0.2, 0.25) is 0 Å². The molecule has 1 atom stereocenters. The highest BCUT2D eigenvalue weighted by Gasteiger charge is 2.21. The summed E-state index contributed by atoms with van der Waals surface area (Å²) >= 11 is 0. The number of phenolic OH excluding ortho intramolecular Hbond substituents is 2. The van der Waals surface area contributed by atoms with E-state index in [1.165, 1.54) is 0 Å². The Morgan fingerprint density at radius 1 is 0.857 bits per heavy atom. The molecule has 0 aromatic heterocycles. The Hall–Kier alpha value is -3.77. The van der Waals surface area contributed by atoms with E-state index in [0.29, 0.717) is 18.1 Å². The second-order valence-corrected chi connectivity index (χ2v) is 8.93. The minimum absolute atomic E-state index is 0.163. The van der Waals surface area contributed by atoms with Crippen LogP contribution in [0.15, 0.2) is 78.9 Å². The molecule has 1 heterocycles. The Labute approximate surface area is 204 Å². The molecule has 180 valence electrons. The van der Waals surface area contributed by atoms with Gasteiger partial charge in [0.15, 0.2) is 0 Å². The number of ether oxygens (including phenoxy) is 2. The lowest BCUT2D eigenvalue weighted by atomic mass is 9.99. The van der Waals surface area contributed by atoms with E-state index in [1.54, 1.807) is 24.3 Å². The van der Waals surface area contributed by atoms with Crippen molar-refractivity contribution >= 4 is 10.8 Å². The first kappa shape index (κ1) is 23.0. The standard InChI is InChI=1S/C29H28FNO4/c30-18-20-13-14-31(19-20)15-16-34-25-7-9-26(10-8-25)35-29-27(21-1-4-23(32)5-2-21)11-3-22-17-24(33)6-12-28(22)29/h1-12,17,20,32-33H,13-16,18-19H2. The van der Waals surface area contributed by atoms with Gasteiger partial charge in [-0.15, -0.1) is 0 Å². The number of likely N-dealkylation sites (tertiary alicyclic amines) is 1. The molecule has 0 radical (unpaired) electrons. The number of hydrogen-bond acceptors (Lipinski definition) is 5. The Bertz CT molecular complexity index is 1290. The van der Waals surface area contributed by atoms with E-state index in [-0.39, 0.29) is 24.1 Å². The molecule has 0 spiro atoms. The van der Waals surface area contributed by atoms with Crippen LogP contribution in [0.1, 0.15) is 6.42 Å². The number of rotatable bonds is 8. The molecule has 6 heteroatoms. The fraction of sp³-hybridized carbons (Fsp3) is 0.241. The van der Waals surface area contributed by atoms with Crippen molar-refractivity contribution in [1.82, 2.24) is 4.90 Å². The van der Waals surface area contributed by atoms with Crippen LogP contribution in [-0.2, 0) is 0 Å². The van der Waals surface area contributed by atoms with Gasteiger partial charge < -0.3 is 19.7 Å². The fourth-order valence-electron chi connectivity index (χ4n) is 4.52. The van der Waals surface area contributed by atoms with Gasteiger partial charge in [-0.3, -0.25) is 9.29 Å². The summed E-state index contributed by atoms with van der Waals surface area (Å²) in [6.45, 7) is 2.82. The van der Waals surface area contributed by atoms with Crippen molar-refractivity contribution in [2.24, 2.45) is 5.92 Å². The van der Waals surface area contributed by atoms with Gasteiger partial charge in [-0.1, -0.05) is 18.2 Å². The van der Waals surface area contributed by atoms with Crippen LogP contribution in [0.5, 0.6) is 28.7 Å². The summed E-state index contributed by atoms with van der Waals surface area (Å²) in [7, 11) is 0. The van der Waals surface area contributed by atoms with Gasteiger partial charge in [0.2, 0.25) is 0 Å². The van der Waals surface area contributed by atoms with Gasteiger partial charge in [-0.05, 0) is 84.6 Å². The summed E-state index contributed by atoms with van der Waals surface area (Å²) in [5.41, 5.74) is 1.78. The second kappa shape index (κ2) is 10.2. The molecule has 1 saturated heterocycles. The molecule has 0 bridgehead atoms. The van der Waals surface area contributed by atoms with Gasteiger partial charge >= 0.3 is 0 Å². The van der Waals surface area contributed by atoms with Gasteiger partial charge in [0.05, 0.1) is 6.67 Å². The fourth-order valence-corrected chi connectivity index (χ4v) is 4.52. The van der Waals surface area contributed by atoms with Crippen molar-refractivity contribution in [3.8, 4) is 39.9 Å². The Morgan fingerprint density at radius 3 is 2.34 bits per heavy atom.